The van der Waals surface area contributed by atoms with E-state index in [4.69, 9.17) is 0 Å². The van der Waals surface area contributed by atoms with Gasteiger partial charge in [0.05, 0.1) is 11.3 Å². The first-order valence-electron chi connectivity index (χ1n) is 15.7. The lowest BCUT2D eigenvalue weighted by atomic mass is 9.89. The molecular weight excluding hydrogens is 606 g/mol. The summed E-state index contributed by atoms with van der Waals surface area (Å²) in [6.07, 6.45) is -4.43. The molecular formula is C43H25F4N. The first-order valence-corrected chi connectivity index (χ1v) is 15.7. The number of benzene rings is 9. The van der Waals surface area contributed by atoms with Gasteiger partial charge in [0.15, 0.2) is 0 Å². The average molecular weight is 632 g/mol. The molecule has 0 aliphatic carbocycles. The number of hydrogen-bond donors (Lipinski definition) is 0. The Morgan fingerprint density at radius 3 is 1.48 bits per heavy atom. The minimum Gasteiger partial charge on any atom is -0.309 e. The second-order valence-corrected chi connectivity index (χ2v) is 12.2. The zero-order valence-corrected chi connectivity index (χ0v) is 25.4. The van der Waals surface area contributed by atoms with E-state index in [9.17, 15) is 17.6 Å². The molecule has 1 nitrogen and oxygen atoms in total. The van der Waals surface area contributed by atoms with E-state index >= 15 is 0 Å². The highest BCUT2D eigenvalue weighted by molar-refractivity contribution is 6.25. The number of nitrogens with zero attached hydrogens (tertiary/aromatic N) is 1. The maximum absolute atomic E-state index is 14.4. The lowest BCUT2D eigenvalue weighted by Gasteiger charge is -2.30. The molecule has 0 unspecified atom stereocenters. The number of halogens is 4. The van der Waals surface area contributed by atoms with Gasteiger partial charge in [0.2, 0.25) is 0 Å². The van der Waals surface area contributed by atoms with Gasteiger partial charge in [-0.3, -0.25) is 0 Å². The molecule has 0 aliphatic heterocycles. The predicted molar refractivity (Wildman–Crippen MR) is 190 cm³/mol. The molecule has 9 aromatic rings. The van der Waals surface area contributed by atoms with Gasteiger partial charge in [-0.15, -0.1) is 0 Å². The normalized spacial score (nSPS) is 12.2. The fourth-order valence-corrected chi connectivity index (χ4v) is 7.35. The van der Waals surface area contributed by atoms with Crippen LogP contribution in [-0.2, 0) is 6.18 Å². The average Bonchev–Trinajstić information content (AvgIpc) is 3.11. The van der Waals surface area contributed by atoms with E-state index < -0.39 is 11.7 Å². The number of anilines is 3. The minimum atomic E-state index is -4.43. The molecule has 0 saturated carbocycles. The third-order valence-corrected chi connectivity index (χ3v) is 9.42. The fourth-order valence-electron chi connectivity index (χ4n) is 7.35. The van der Waals surface area contributed by atoms with Crippen LogP contribution in [0.5, 0.6) is 0 Å². The first-order chi connectivity index (χ1) is 23.3. The van der Waals surface area contributed by atoms with Gasteiger partial charge < -0.3 is 4.90 Å². The SMILES string of the molecule is Fc1ccc(N(c2cc3ccc4cccc5ccc(c2)c3c45)c2c3ccccc3c(-c3ccc(C(F)(F)F)cc3)c3ccccc23)cc1. The molecule has 0 amide bonds. The monoisotopic (exact) mass is 631 g/mol. The Bertz CT molecular complexity index is 2540. The molecule has 230 valence electrons. The highest BCUT2D eigenvalue weighted by Crippen LogP contribution is 2.49. The van der Waals surface area contributed by atoms with Crippen molar-refractivity contribution in [1.29, 1.82) is 0 Å². The Morgan fingerprint density at radius 1 is 0.438 bits per heavy atom. The molecule has 48 heavy (non-hydrogen) atoms. The summed E-state index contributed by atoms with van der Waals surface area (Å²) in [5.41, 5.74) is 3.45. The van der Waals surface area contributed by atoms with Gasteiger partial charge in [-0.1, -0.05) is 103 Å². The molecule has 0 aromatic heterocycles. The molecule has 0 atom stereocenters. The molecule has 5 heteroatoms. The standard InChI is InChI=1S/C43H25F4N/c44-32-20-22-33(23-21-32)48(34-24-29-14-12-26-6-5-7-27-13-15-30(25-34)40(29)39(26)27)42-37-10-3-1-8-35(37)41(36-9-2-4-11-38(36)42)28-16-18-31(19-17-28)43(45,46)47/h1-25H. The molecule has 0 saturated heterocycles. The van der Waals surface area contributed by atoms with E-state index in [2.05, 4.69) is 59.5 Å². The van der Waals surface area contributed by atoms with Crippen molar-refractivity contribution in [3.63, 3.8) is 0 Å². The van der Waals surface area contributed by atoms with Crippen LogP contribution in [0.25, 0.3) is 65.0 Å². The summed E-state index contributed by atoms with van der Waals surface area (Å²) < 4.78 is 54.9. The maximum atomic E-state index is 14.4. The minimum absolute atomic E-state index is 0.332. The smallest absolute Gasteiger partial charge is 0.309 e. The summed E-state index contributed by atoms with van der Waals surface area (Å²) in [7, 11) is 0. The Morgan fingerprint density at radius 2 is 0.938 bits per heavy atom. The topological polar surface area (TPSA) is 3.24 Å². The lowest BCUT2D eigenvalue weighted by molar-refractivity contribution is -0.137. The van der Waals surface area contributed by atoms with Crippen molar-refractivity contribution in [2.24, 2.45) is 0 Å². The summed E-state index contributed by atoms with van der Waals surface area (Å²) in [6, 6.07) is 47.2. The van der Waals surface area contributed by atoms with Crippen molar-refractivity contribution in [3.8, 4) is 11.1 Å². The van der Waals surface area contributed by atoms with Gasteiger partial charge in [0.25, 0.3) is 0 Å². The molecule has 0 radical (unpaired) electrons. The van der Waals surface area contributed by atoms with Crippen LogP contribution >= 0.6 is 0 Å². The van der Waals surface area contributed by atoms with Crippen molar-refractivity contribution >= 4 is 70.9 Å². The van der Waals surface area contributed by atoms with E-state index in [1.54, 1.807) is 24.3 Å². The van der Waals surface area contributed by atoms with E-state index in [0.29, 0.717) is 5.56 Å². The number of fused-ring (bicyclic) bond motifs is 2. The molecule has 0 aliphatic rings. The number of rotatable bonds is 4. The van der Waals surface area contributed by atoms with Gasteiger partial charge >= 0.3 is 6.18 Å². The van der Waals surface area contributed by atoms with Gasteiger partial charge in [-0.2, -0.15) is 13.2 Å². The maximum Gasteiger partial charge on any atom is 0.416 e. The van der Waals surface area contributed by atoms with E-state index in [0.717, 1.165) is 67.1 Å². The molecule has 0 bridgehead atoms. The van der Waals surface area contributed by atoms with Crippen LogP contribution in [0.1, 0.15) is 5.56 Å². The highest BCUT2D eigenvalue weighted by atomic mass is 19.4. The second-order valence-electron chi connectivity index (χ2n) is 12.2. The summed E-state index contributed by atoms with van der Waals surface area (Å²) in [4.78, 5) is 2.18. The van der Waals surface area contributed by atoms with Gasteiger partial charge in [0.1, 0.15) is 5.82 Å². The first kappa shape index (κ1) is 28.3. The van der Waals surface area contributed by atoms with E-state index in [1.807, 2.05) is 48.5 Å². The summed E-state index contributed by atoms with van der Waals surface area (Å²) in [5, 5.41) is 10.6. The molecule has 0 fully saturated rings. The Balaban J connectivity index is 1.37. The quantitative estimate of drug-likeness (QED) is 0.106. The lowest BCUT2D eigenvalue weighted by Crippen LogP contribution is -2.12. The summed E-state index contributed by atoms with van der Waals surface area (Å²) in [6.45, 7) is 0. The van der Waals surface area contributed by atoms with Crippen LogP contribution in [0, 0.1) is 5.82 Å². The van der Waals surface area contributed by atoms with Crippen molar-refractivity contribution in [1.82, 2.24) is 0 Å². The van der Waals surface area contributed by atoms with Crippen LogP contribution in [-0.4, -0.2) is 0 Å². The molecule has 0 spiro atoms. The molecule has 9 rings (SSSR count). The third kappa shape index (κ3) is 4.39. The zero-order chi connectivity index (χ0) is 32.6. The number of alkyl halides is 3. The van der Waals surface area contributed by atoms with Gasteiger partial charge in [0, 0.05) is 22.1 Å². The van der Waals surface area contributed by atoms with E-state index in [1.165, 1.54) is 33.7 Å². The van der Waals surface area contributed by atoms with E-state index in [-0.39, 0.29) is 5.82 Å². The molecule has 9 aromatic carbocycles. The molecule has 0 N–H and O–H groups in total. The van der Waals surface area contributed by atoms with Crippen molar-refractivity contribution < 1.29 is 17.6 Å². The predicted octanol–water partition coefficient (Wildman–Crippen LogP) is 13.2. The van der Waals surface area contributed by atoms with Crippen LogP contribution in [0.15, 0.2) is 152 Å². The largest absolute Gasteiger partial charge is 0.416 e. The van der Waals surface area contributed by atoms with Gasteiger partial charge in [-0.25, -0.2) is 4.39 Å². The molecule has 0 heterocycles. The fraction of sp³-hybridized carbons (Fsp3) is 0.0233. The van der Waals surface area contributed by atoms with Crippen LogP contribution in [0.2, 0.25) is 0 Å². The van der Waals surface area contributed by atoms with Crippen LogP contribution in [0.4, 0.5) is 34.6 Å². The zero-order valence-electron chi connectivity index (χ0n) is 25.4. The summed E-state index contributed by atoms with van der Waals surface area (Å²) >= 11 is 0. The second kappa shape index (κ2) is 10.5. The van der Waals surface area contributed by atoms with Crippen LogP contribution in [0.3, 0.4) is 0 Å². The van der Waals surface area contributed by atoms with Crippen LogP contribution < -0.4 is 4.90 Å². The Hall–Kier alpha value is -5.94. The van der Waals surface area contributed by atoms with Crippen molar-refractivity contribution in [2.75, 3.05) is 4.90 Å². The highest BCUT2D eigenvalue weighted by Gasteiger charge is 2.30. The summed E-state index contributed by atoms with van der Waals surface area (Å²) in [5.74, 6) is -0.332. The third-order valence-electron chi connectivity index (χ3n) is 9.42. The number of hydrogen-bond acceptors (Lipinski definition) is 1. The van der Waals surface area contributed by atoms with Gasteiger partial charge in [-0.05, 0) is 103 Å². The Labute approximate surface area is 273 Å². The van der Waals surface area contributed by atoms with Crippen molar-refractivity contribution in [3.05, 3.63) is 163 Å². The van der Waals surface area contributed by atoms with Crippen molar-refractivity contribution in [2.45, 2.75) is 6.18 Å². The Kier molecular flexibility index (Phi) is 6.21.